The Hall–Kier alpha value is -2.29. The normalized spacial score (nSPS) is 17.2. The smallest absolute Gasteiger partial charge is 0.296 e. The number of halogens is 1. The Morgan fingerprint density at radius 2 is 2.04 bits per heavy atom. The number of anilines is 1. The van der Waals surface area contributed by atoms with Crippen LogP contribution in [-0.2, 0) is 4.79 Å². The molecule has 1 aliphatic rings. The number of carbonyl (C=O) groups excluding carboxylic acids is 2. The Morgan fingerprint density at radius 1 is 1.19 bits per heavy atom. The van der Waals surface area contributed by atoms with Gasteiger partial charge in [0.25, 0.3) is 5.91 Å². The summed E-state index contributed by atoms with van der Waals surface area (Å²) in [5.74, 6) is -1.50. The molecule has 2 aromatic heterocycles. The molecule has 5 nitrogen and oxygen atoms in total. The third-order valence-corrected chi connectivity index (χ3v) is 6.12. The number of rotatable bonds is 4. The number of aromatic nitrogens is 1. The van der Waals surface area contributed by atoms with E-state index in [-0.39, 0.29) is 11.4 Å². The van der Waals surface area contributed by atoms with Crippen LogP contribution in [-0.4, -0.2) is 21.8 Å². The maximum atomic E-state index is 13.0. The molecule has 0 radical (unpaired) electrons. The molecule has 0 bridgehead atoms. The van der Waals surface area contributed by atoms with Crippen molar-refractivity contribution in [3.63, 3.8) is 0 Å². The molecule has 0 unspecified atom stereocenters. The summed E-state index contributed by atoms with van der Waals surface area (Å²) in [6, 6.07) is 10.1. The van der Waals surface area contributed by atoms with Crippen LogP contribution in [0.25, 0.3) is 0 Å². The van der Waals surface area contributed by atoms with Crippen molar-refractivity contribution in [3.05, 3.63) is 79.6 Å². The second-order valence-electron chi connectivity index (χ2n) is 5.52. The van der Waals surface area contributed by atoms with E-state index in [1.807, 2.05) is 24.3 Å². The van der Waals surface area contributed by atoms with Crippen LogP contribution in [0.1, 0.15) is 21.3 Å². The van der Waals surface area contributed by atoms with Gasteiger partial charge in [0.15, 0.2) is 10.9 Å². The zero-order chi connectivity index (χ0) is 18.3. The van der Waals surface area contributed by atoms with Gasteiger partial charge in [0.05, 0.1) is 16.5 Å². The molecule has 1 N–H and O–H groups in total. The van der Waals surface area contributed by atoms with Crippen molar-refractivity contribution >= 4 is 55.4 Å². The maximum absolute atomic E-state index is 13.0. The van der Waals surface area contributed by atoms with Crippen LogP contribution >= 0.6 is 38.6 Å². The topological polar surface area (TPSA) is 70.5 Å². The monoisotopic (exact) mass is 446 g/mol. The average Bonchev–Trinajstić information content (AvgIpc) is 3.37. The number of Topliss-reactive ketones (excluding diaryl/α,β-unsaturated/α-hetero) is 1. The summed E-state index contributed by atoms with van der Waals surface area (Å²) in [5, 5.41) is 14.5. The van der Waals surface area contributed by atoms with E-state index in [2.05, 4.69) is 20.9 Å². The van der Waals surface area contributed by atoms with Crippen LogP contribution in [0.15, 0.2) is 69.2 Å². The molecule has 1 aliphatic heterocycles. The largest absolute Gasteiger partial charge is 0.503 e. The molecule has 1 amide bonds. The molecule has 130 valence electrons. The van der Waals surface area contributed by atoms with Crippen LogP contribution < -0.4 is 4.90 Å². The Balaban J connectivity index is 1.89. The van der Waals surface area contributed by atoms with Crippen LogP contribution in [0.4, 0.5) is 5.13 Å². The minimum absolute atomic E-state index is 0.0748. The highest BCUT2D eigenvalue weighted by molar-refractivity contribution is 9.10. The molecule has 1 atom stereocenters. The number of aliphatic hydroxyl groups is 1. The van der Waals surface area contributed by atoms with Crippen LogP contribution in [0.3, 0.4) is 0 Å². The van der Waals surface area contributed by atoms with Gasteiger partial charge in [0.2, 0.25) is 5.78 Å². The lowest BCUT2D eigenvalue weighted by atomic mass is 9.96. The fraction of sp³-hybridized carbons (Fsp3) is 0.0556. The second kappa shape index (κ2) is 6.79. The van der Waals surface area contributed by atoms with Crippen molar-refractivity contribution in [2.24, 2.45) is 0 Å². The molecule has 0 saturated heterocycles. The number of nitrogens with zero attached hydrogens (tertiary/aromatic N) is 2. The Bertz CT molecular complexity index is 1010. The van der Waals surface area contributed by atoms with Gasteiger partial charge in [-0.2, -0.15) is 0 Å². The third kappa shape index (κ3) is 2.80. The lowest BCUT2D eigenvalue weighted by Crippen LogP contribution is -2.30. The second-order valence-corrected chi connectivity index (χ2v) is 8.25. The number of benzene rings is 1. The van der Waals surface area contributed by atoms with Gasteiger partial charge >= 0.3 is 0 Å². The molecule has 8 heteroatoms. The van der Waals surface area contributed by atoms with E-state index in [1.54, 1.807) is 29.1 Å². The zero-order valence-electron chi connectivity index (χ0n) is 13.1. The Labute approximate surface area is 165 Å². The minimum Gasteiger partial charge on any atom is -0.503 e. The number of thiophene rings is 1. The van der Waals surface area contributed by atoms with Crippen molar-refractivity contribution < 1.29 is 14.7 Å². The van der Waals surface area contributed by atoms with E-state index in [0.717, 1.165) is 4.47 Å². The fourth-order valence-electron chi connectivity index (χ4n) is 2.90. The molecular formula is C18H11BrN2O3S2. The van der Waals surface area contributed by atoms with E-state index in [1.165, 1.54) is 27.6 Å². The van der Waals surface area contributed by atoms with Crippen molar-refractivity contribution in [3.8, 4) is 0 Å². The van der Waals surface area contributed by atoms with Crippen LogP contribution in [0.2, 0.25) is 0 Å². The van der Waals surface area contributed by atoms with E-state index >= 15 is 0 Å². The van der Waals surface area contributed by atoms with Gasteiger partial charge in [-0.1, -0.05) is 34.1 Å². The first-order chi connectivity index (χ1) is 12.6. The van der Waals surface area contributed by atoms with Gasteiger partial charge < -0.3 is 5.11 Å². The SMILES string of the molecule is O=C(C1=C(O)C(=O)N(c2nccs2)[C@@H]1c1cccc(Br)c1)c1cccs1. The number of amides is 1. The number of hydrogen-bond acceptors (Lipinski definition) is 6. The quantitative estimate of drug-likeness (QED) is 0.586. The fourth-order valence-corrected chi connectivity index (χ4v) is 4.66. The summed E-state index contributed by atoms with van der Waals surface area (Å²) in [6.45, 7) is 0. The number of aliphatic hydroxyl groups excluding tert-OH is 1. The molecule has 4 rings (SSSR count). The summed E-state index contributed by atoms with van der Waals surface area (Å²) >= 11 is 5.97. The third-order valence-electron chi connectivity index (χ3n) is 3.99. The highest BCUT2D eigenvalue weighted by atomic mass is 79.9. The van der Waals surface area contributed by atoms with Crippen LogP contribution in [0, 0.1) is 0 Å². The predicted octanol–water partition coefficient (Wildman–Crippen LogP) is 4.75. The summed E-state index contributed by atoms with van der Waals surface area (Å²) in [5.41, 5.74) is 0.789. The first kappa shape index (κ1) is 17.1. The number of thiazole rings is 1. The standard InChI is InChI=1S/C18H11BrN2O3S2/c19-11-4-1-3-10(9-11)14-13(15(22)12-5-2-7-25-12)16(23)17(24)21(14)18-20-6-8-26-18/h1-9,14,23H/t14-/m1/s1. The summed E-state index contributed by atoms with van der Waals surface area (Å²) in [7, 11) is 0. The van der Waals surface area contributed by atoms with Crippen LogP contribution in [0.5, 0.6) is 0 Å². The lowest BCUT2D eigenvalue weighted by molar-refractivity contribution is -0.117. The number of ketones is 1. The lowest BCUT2D eigenvalue weighted by Gasteiger charge is -2.24. The molecule has 26 heavy (non-hydrogen) atoms. The van der Waals surface area contributed by atoms with Crippen molar-refractivity contribution in [1.29, 1.82) is 0 Å². The number of carbonyl (C=O) groups is 2. The average molecular weight is 447 g/mol. The van der Waals surface area contributed by atoms with E-state index < -0.39 is 17.7 Å². The summed E-state index contributed by atoms with van der Waals surface area (Å²) in [6.07, 6.45) is 1.58. The van der Waals surface area contributed by atoms with E-state index in [0.29, 0.717) is 15.6 Å². The Morgan fingerprint density at radius 3 is 2.69 bits per heavy atom. The van der Waals surface area contributed by atoms with Crippen molar-refractivity contribution in [2.75, 3.05) is 4.90 Å². The first-order valence-corrected chi connectivity index (χ1v) is 10.1. The first-order valence-electron chi connectivity index (χ1n) is 7.58. The van der Waals surface area contributed by atoms with E-state index in [9.17, 15) is 14.7 Å². The highest BCUT2D eigenvalue weighted by Gasteiger charge is 2.45. The van der Waals surface area contributed by atoms with Gasteiger partial charge in [0, 0.05) is 16.0 Å². The summed E-state index contributed by atoms with van der Waals surface area (Å²) < 4.78 is 0.816. The summed E-state index contributed by atoms with van der Waals surface area (Å²) in [4.78, 5) is 31.9. The van der Waals surface area contributed by atoms with Crippen molar-refractivity contribution in [1.82, 2.24) is 4.98 Å². The highest BCUT2D eigenvalue weighted by Crippen LogP contribution is 2.43. The predicted molar refractivity (Wildman–Crippen MR) is 105 cm³/mol. The van der Waals surface area contributed by atoms with E-state index in [4.69, 9.17) is 0 Å². The molecule has 3 aromatic rings. The molecule has 1 aromatic carbocycles. The Kier molecular flexibility index (Phi) is 4.47. The number of hydrogen-bond donors (Lipinski definition) is 1. The molecule has 0 aliphatic carbocycles. The molecular weight excluding hydrogens is 436 g/mol. The minimum atomic E-state index is -0.735. The van der Waals surface area contributed by atoms with Gasteiger partial charge in [0.1, 0.15) is 0 Å². The van der Waals surface area contributed by atoms with Gasteiger partial charge in [-0.25, -0.2) is 4.98 Å². The molecule has 3 heterocycles. The van der Waals surface area contributed by atoms with Gasteiger partial charge in [-0.15, -0.1) is 22.7 Å². The molecule has 0 saturated carbocycles. The van der Waals surface area contributed by atoms with Crippen molar-refractivity contribution in [2.45, 2.75) is 6.04 Å². The van der Waals surface area contributed by atoms with Gasteiger partial charge in [-0.3, -0.25) is 14.5 Å². The molecule has 0 fully saturated rings. The molecule has 0 spiro atoms. The zero-order valence-corrected chi connectivity index (χ0v) is 16.3. The van der Waals surface area contributed by atoms with Gasteiger partial charge in [-0.05, 0) is 29.1 Å². The maximum Gasteiger partial charge on any atom is 0.296 e.